The smallest absolute Gasteiger partial charge is 0.420 e. The van der Waals surface area contributed by atoms with E-state index in [0.29, 0.717) is 21.3 Å². The summed E-state index contributed by atoms with van der Waals surface area (Å²) in [6, 6.07) is 18.9. The summed E-state index contributed by atoms with van der Waals surface area (Å²) < 4.78 is 5.59. The number of carbonyl (C=O) groups excluding carboxylic acids is 2. The first-order valence-corrected chi connectivity index (χ1v) is 12.3. The Hall–Kier alpha value is -3.55. The van der Waals surface area contributed by atoms with E-state index in [4.69, 9.17) is 33.0 Å². The number of anilines is 1. The van der Waals surface area contributed by atoms with Gasteiger partial charge in [0.15, 0.2) is 0 Å². The molecular weight excluding hydrogens is 515 g/mol. The minimum atomic E-state index is -0.988. The number of benzene rings is 3. The van der Waals surface area contributed by atoms with Gasteiger partial charge < -0.3 is 15.2 Å². The maximum absolute atomic E-state index is 13.3. The van der Waals surface area contributed by atoms with Gasteiger partial charge in [0.05, 0.1) is 13.0 Å². The van der Waals surface area contributed by atoms with E-state index < -0.39 is 12.1 Å². The molecule has 0 saturated carbocycles. The minimum Gasteiger partial charge on any atom is -0.481 e. The van der Waals surface area contributed by atoms with Crippen LogP contribution in [0, 0.1) is 0 Å². The third-order valence-corrected chi connectivity index (χ3v) is 5.92. The van der Waals surface area contributed by atoms with Gasteiger partial charge in [-0.15, -0.1) is 0 Å². The number of halogens is 2. The third kappa shape index (κ3) is 8.23. The summed E-state index contributed by atoms with van der Waals surface area (Å²) in [5, 5.41) is 12.0. The second kappa shape index (κ2) is 12.1. The van der Waals surface area contributed by atoms with Gasteiger partial charge >= 0.3 is 12.1 Å². The standard InChI is InChI=1S/C28H28Cl2N2O5/c1-28(2,3)20-8-10-23(11-9-20)32(27(36)37-24-15-21(29)14-22(30)16-24)17-18-4-6-19(7-5-18)26(35)31-13-12-25(33)34/h4-11,14-16H,12-13,17H2,1-3H3,(H,31,35)(H,33,34). The van der Waals surface area contributed by atoms with Crippen LogP contribution in [0.4, 0.5) is 10.5 Å². The molecule has 194 valence electrons. The highest BCUT2D eigenvalue weighted by molar-refractivity contribution is 6.34. The van der Waals surface area contributed by atoms with Gasteiger partial charge in [0.1, 0.15) is 5.75 Å². The van der Waals surface area contributed by atoms with E-state index in [1.165, 1.54) is 17.0 Å². The van der Waals surface area contributed by atoms with Gasteiger partial charge in [-0.1, -0.05) is 68.2 Å². The molecule has 0 unspecified atom stereocenters. The average Bonchev–Trinajstić information content (AvgIpc) is 2.81. The van der Waals surface area contributed by atoms with Crippen LogP contribution >= 0.6 is 23.2 Å². The number of nitrogens with zero attached hydrogens (tertiary/aromatic N) is 1. The predicted octanol–water partition coefficient (Wildman–Crippen LogP) is 6.70. The Labute approximate surface area is 226 Å². The molecule has 0 aromatic heterocycles. The maximum Gasteiger partial charge on any atom is 0.420 e. The highest BCUT2D eigenvalue weighted by atomic mass is 35.5. The van der Waals surface area contributed by atoms with Gasteiger partial charge in [-0.05, 0) is 59.0 Å². The quantitative estimate of drug-likeness (QED) is 0.330. The molecule has 9 heteroatoms. The third-order valence-electron chi connectivity index (χ3n) is 5.49. The molecule has 0 heterocycles. The molecule has 0 aliphatic carbocycles. The Kier molecular flexibility index (Phi) is 9.18. The molecule has 37 heavy (non-hydrogen) atoms. The average molecular weight is 543 g/mol. The normalized spacial score (nSPS) is 11.1. The largest absolute Gasteiger partial charge is 0.481 e. The van der Waals surface area contributed by atoms with Gasteiger partial charge in [-0.25, -0.2) is 4.79 Å². The molecule has 0 radical (unpaired) electrons. The number of carbonyl (C=O) groups is 3. The van der Waals surface area contributed by atoms with Crippen molar-refractivity contribution in [3.8, 4) is 5.75 Å². The summed E-state index contributed by atoms with van der Waals surface area (Å²) in [5.41, 5.74) is 2.82. The van der Waals surface area contributed by atoms with E-state index in [1.54, 1.807) is 30.3 Å². The summed E-state index contributed by atoms with van der Waals surface area (Å²) >= 11 is 12.1. The Balaban J connectivity index is 1.83. The molecule has 0 spiro atoms. The van der Waals surface area contributed by atoms with Crippen LogP contribution in [0.2, 0.25) is 10.0 Å². The maximum atomic E-state index is 13.3. The fourth-order valence-corrected chi connectivity index (χ4v) is 3.98. The molecule has 2 amide bonds. The highest BCUT2D eigenvalue weighted by Gasteiger charge is 2.21. The molecule has 2 N–H and O–H groups in total. The molecule has 3 rings (SSSR count). The Morgan fingerprint density at radius 1 is 0.919 bits per heavy atom. The zero-order valence-electron chi connectivity index (χ0n) is 20.8. The number of carboxylic acids is 1. The molecule has 3 aromatic rings. The Bertz CT molecular complexity index is 1250. The number of rotatable bonds is 8. The Morgan fingerprint density at radius 3 is 2.05 bits per heavy atom. The number of aliphatic carboxylic acids is 1. The molecular formula is C28H28Cl2N2O5. The summed E-state index contributed by atoms with van der Waals surface area (Å²) in [4.78, 5) is 37.6. The van der Waals surface area contributed by atoms with Crippen LogP contribution in [-0.4, -0.2) is 29.6 Å². The van der Waals surface area contributed by atoms with Crippen molar-refractivity contribution in [3.63, 3.8) is 0 Å². The van der Waals surface area contributed by atoms with Gasteiger partial charge in [-0.2, -0.15) is 0 Å². The second-order valence-electron chi connectivity index (χ2n) is 9.45. The second-order valence-corrected chi connectivity index (χ2v) is 10.3. The van der Waals surface area contributed by atoms with Crippen molar-refractivity contribution in [1.82, 2.24) is 5.32 Å². The van der Waals surface area contributed by atoms with E-state index in [9.17, 15) is 14.4 Å². The molecule has 0 saturated heterocycles. The summed E-state index contributed by atoms with van der Waals surface area (Å²) in [7, 11) is 0. The minimum absolute atomic E-state index is 0.0353. The fraction of sp³-hybridized carbons (Fsp3) is 0.250. The zero-order chi connectivity index (χ0) is 27.2. The molecule has 7 nitrogen and oxygen atoms in total. The van der Waals surface area contributed by atoms with Crippen molar-refractivity contribution in [3.05, 3.63) is 93.5 Å². The lowest BCUT2D eigenvalue weighted by atomic mass is 9.87. The van der Waals surface area contributed by atoms with Crippen LogP contribution < -0.4 is 15.0 Å². The van der Waals surface area contributed by atoms with Gasteiger partial charge in [0.2, 0.25) is 0 Å². The van der Waals surface area contributed by atoms with E-state index >= 15 is 0 Å². The summed E-state index contributed by atoms with van der Waals surface area (Å²) in [5.74, 6) is -1.15. The van der Waals surface area contributed by atoms with Crippen LogP contribution in [0.1, 0.15) is 48.7 Å². The van der Waals surface area contributed by atoms with Crippen molar-refractivity contribution in [2.75, 3.05) is 11.4 Å². The topological polar surface area (TPSA) is 95.9 Å². The van der Waals surface area contributed by atoms with Crippen molar-refractivity contribution < 1.29 is 24.2 Å². The van der Waals surface area contributed by atoms with E-state index in [-0.39, 0.29) is 36.6 Å². The number of nitrogens with one attached hydrogen (secondary N) is 1. The van der Waals surface area contributed by atoms with E-state index in [2.05, 4.69) is 26.1 Å². The predicted molar refractivity (Wildman–Crippen MR) is 145 cm³/mol. The molecule has 0 atom stereocenters. The van der Waals surface area contributed by atoms with Crippen LogP contribution in [0.15, 0.2) is 66.7 Å². The number of ether oxygens (including phenoxy) is 1. The number of hydrogen-bond acceptors (Lipinski definition) is 4. The lowest BCUT2D eigenvalue weighted by Crippen LogP contribution is -2.33. The monoisotopic (exact) mass is 542 g/mol. The van der Waals surface area contributed by atoms with Crippen LogP contribution in [0.25, 0.3) is 0 Å². The lowest BCUT2D eigenvalue weighted by molar-refractivity contribution is -0.136. The van der Waals surface area contributed by atoms with Gasteiger partial charge in [0.25, 0.3) is 5.91 Å². The van der Waals surface area contributed by atoms with Crippen molar-refractivity contribution in [2.45, 2.75) is 39.2 Å². The zero-order valence-corrected chi connectivity index (χ0v) is 22.3. The molecule has 0 fully saturated rings. The molecule has 0 aliphatic rings. The number of carboxylic acid groups (broad SMARTS) is 1. The fourth-order valence-electron chi connectivity index (χ4n) is 3.48. The Morgan fingerprint density at radius 2 is 1.51 bits per heavy atom. The van der Waals surface area contributed by atoms with Crippen LogP contribution in [-0.2, 0) is 16.8 Å². The summed E-state index contributed by atoms with van der Waals surface area (Å²) in [6.45, 7) is 6.53. The first-order valence-electron chi connectivity index (χ1n) is 11.6. The van der Waals surface area contributed by atoms with Gasteiger partial charge in [0, 0.05) is 27.8 Å². The number of amides is 2. The molecule has 3 aromatic carbocycles. The highest BCUT2D eigenvalue weighted by Crippen LogP contribution is 2.28. The SMILES string of the molecule is CC(C)(C)c1ccc(N(Cc2ccc(C(=O)NCCC(=O)O)cc2)C(=O)Oc2cc(Cl)cc(Cl)c2)cc1. The van der Waals surface area contributed by atoms with Crippen LogP contribution in [0.3, 0.4) is 0 Å². The first kappa shape index (κ1) is 28.0. The van der Waals surface area contributed by atoms with Crippen molar-refractivity contribution in [1.29, 1.82) is 0 Å². The van der Waals surface area contributed by atoms with Crippen LogP contribution in [0.5, 0.6) is 5.75 Å². The first-order chi connectivity index (χ1) is 17.4. The van der Waals surface area contributed by atoms with E-state index in [0.717, 1.165) is 11.1 Å². The lowest BCUT2D eigenvalue weighted by Gasteiger charge is -2.24. The van der Waals surface area contributed by atoms with Crippen molar-refractivity contribution >= 4 is 46.9 Å². The molecule has 0 aliphatic heterocycles. The van der Waals surface area contributed by atoms with E-state index in [1.807, 2.05) is 24.3 Å². The molecule has 0 bridgehead atoms. The number of hydrogen-bond donors (Lipinski definition) is 2. The summed E-state index contributed by atoms with van der Waals surface area (Å²) in [6.07, 6.45) is -0.787. The van der Waals surface area contributed by atoms with Crippen molar-refractivity contribution in [2.24, 2.45) is 0 Å². The van der Waals surface area contributed by atoms with Gasteiger partial charge in [-0.3, -0.25) is 14.5 Å².